The fraction of sp³-hybridized carbons (Fsp3) is 0.647. The number of rotatable bonds is 10. The maximum Gasteiger partial charge on any atom is 0.119 e. The molecule has 0 amide bonds. The lowest BCUT2D eigenvalue weighted by atomic mass is 10.2. The van der Waals surface area contributed by atoms with Crippen molar-refractivity contribution in [2.45, 2.75) is 6.10 Å². The van der Waals surface area contributed by atoms with E-state index in [0.717, 1.165) is 38.5 Å². The first-order valence-electron chi connectivity index (χ1n) is 8.37. The van der Waals surface area contributed by atoms with E-state index in [4.69, 9.17) is 26.2 Å². The smallest absolute Gasteiger partial charge is 0.119 e. The molecule has 1 aliphatic rings. The highest BCUT2D eigenvalue weighted by atomic mass is 35.5. The van der Waals surface area contributed by atoms with E-state index >= 15 is 0 Å². The molecule has 0 radical (unpaired) electrons. The van der Waals surface area contributed by atoms with Crippen molar-refractivity contribution in [1.82, 2.24) is 9.80 Å². The van der Waals surface area contributed by atoms with E-state index in [1.807, 2.05) is 12.1 Å². The highest BCUT2D eigenvalue weighted by Crippen LogP contribution is 2.15. The van der Waals surface area contributed by atoms with Crippen molar-refractivity contribution in [3.05, 3.63) is 29.3 Å². The third-order valence-corrected chi connectivity index (χ3v) is 4.22. The number of hydrogen-bond donors (Lipinski definition) is 2. The number of nitrogens with zero attached hydrogens (tertiary/aromatic N) is 2. The molecule has 6 nitrogen and oxygen atoms in total. The van der Waals surface area contributed by atoms with E-state index < -0.39 is 6.10 Å². The summed E-state index contributed by atoms with van der Waals surface area (Å²) in [5, 5.41) is 19.6. The average molecular weight is 432 g/mol. The molecule has 152 valence electrons. The Labute approximate surface area is 172 Å². The van der Waals surface area contributed by atoms with E-state index in [1.165, 1.54) is 0 Å². The van der Waals surface area contributed by atoms with Crippen LogP contribution >= 0.6 is 36.4 Å². The van der Waals surface area contributed by atoms with Crippen molar-refractivity contribution in [3.63, 3.8) is 0 Å². The Hall–Kier alpha value is -0.310. The second-order valence-corrected chi connectivity index (χ2v) is 6.33. The second kappa shape index (κ2) is 14.7. The summed E-state index contributed by atoms with van der Waals surface area (Å²) in [7, 11) is 0. The van der Waals surface area contributed by atoms with Crippen molar-refractivity contribution in [2.75, 3.05) is 65.7 Å². The van der Waals surface area contributed by atoms with Gasteiger partial charge < -0.3 is 19.7 Å². The molecule has 2 N–H and O–H groups in total. The van der Waals surface area contributed by atoms with Gasteiger partial charge in [-0.15, -0.1) is 24.8 Å². The summed E-state index contributed by atoms with van der Waals surface area (Å²) in [6.45, 7) is 6.42. The maximum absolute atomic E-state index is 10.0. The molecule has 2 rings (SSSR count). The number of benzene rings is 1. The fourth-order valence-corrected chi connectivity index (χ4v) is 2.78. The Balaban J connectivity index is 0.00000312. The van der Waals surface area contributed by atoms with Crippen molar-refractivity contribution in [1.29, 1.82) is 0 Å². The highest BCUT2D eigenvalue weighted by molar-refractivity contribution is 6.30. The molecule has 0 aliphatic carbocycles. The van der Waals surface area contributed by atoms with Crippen LogP contribution in [0, 0.1) is 0 Å². The molecule has 9 heteroatoms. The SMILES string of the molecule is Cl.Cl.OCCN1CCN(CC(O)COCCOc2ccc(Cl)cc2)CC1. The zero-order valence-corrected chi connectivity index (χ0v) is 17.1. The summed E-state index contributed by atoms with van der Waals surface area (Å²) in [5.41, 5.74) is 0. The highest BCUT2D eigenvalue weighted by Gasteiger charge is 2.18. The first-order valence-corrected chi connectivity index (χ1v) is 8.75. The van der Waals surface area contributed by atoms with Crippen LogP contribution in [-0.2, 0) is 4.74 Å². The number of hydrogen-bond acceptors (Lipinski definition) is 6. The number of piperazine rings is 1. The van der Waals surface area contributed by atoms with Gasteiger partial charge in [0, 0.05) is 44.3 Å². The van der Waals surface area contributed by atoms with Crippen LogP contribution in [-0.4, -0.2) is 91.8 Å². The Morgan fingerprint density at radius 2 is 1.62 bits per heavy atom. The molecule has 1 aromatic carbocycles. The number of aliphatic hydroxyl groups is 2. The maximum atomic E-state index is 10.0. The minimum absolute atomic E-state index is 0. The van der Waals surface area contributed by atoms with Gasteiger partial charge >= 0.3 is 0 Å². The van der Waals surface area contributed by atoms with E-state index in [-0.39, 0.29) is 31.4 Å². The van der Waals surface area contributed by atoms with Gasteiger partial charge in [0.05, 0.1) is 25.9 Å². The minimum atomic E-state index is -0.495. The number of ether oxygens (including phenoxy) is 2. The summed E-state index contributed by atoms with van der Waals surface area (Å²) < 4.78 is 11.0. The van der Waals surface area contributed by atoms with Crippen LogP contribution in [0.2, 0.25) is 5.02 Å². The largest absolute Gasteiger partial charge is 0.491 e. The zero-order chi connectivity index (χ0) is 17.2. The van der Waals surface area contributed by atoms with E-state index in [9.17, 15) is 5.11 Å². The van der Waals surface area contributed by atoms with Crippen molar-refractivity contribution in [2.24, 2.45) is 0 Å². The quantitative estimate of drug-likeness (QED) is 0.548. The molecular formula is C17H29Cl3N2O4. The van der Waals surface area contributed by atoms with Gasteiger partial charge in [-0.05, 0) is 24.3 Å². The Morgan fingerprint density at radius 1 is 1.00 bits per heavy atom. The zero-order valence-electron chi connectivity index (χ0n) is 14.8. The number of halogens is 3. The molecule has 26 heavy (non-hydrogen) atoms. The molecular weight excluding hydrogens is 403 g/mol. The molecule has 1 aromatic rings. The summed E-state index contributed by atoms with van der Waals surface area (Å²) in [4.78, 5) is 4.46. The summed E-state index contributed by atoms with van der Waals surface area (Å²) in [6, 6.07) is 7.19. The van der Waals surface area contributed by atoms with Crippen LogP contribution in [0.1, 0.15) is 0 Å². The van der Waals surface area contributed by atoms with Crippen molar-refractivity contribution < 1.29 is 19.7 Å². The van der Waals surface area contributed by atoms with Crippen molar-refractivity contribution in [3.8, 4) is 5.75 Å². The van der Waals surface area contributed by atoms with Gasteiger partial charge in [-0.25, -0.2) is 0 Å². The van der Waals surface area contributed by atoms with E-state index in [0.29, 0.717) is 31.4 Å². The molecule has 0 aromatic heterocycles. The molecule has 1 unspecified atom stereocenters. The fourth-order valence-electron chi connectivity index (χ4n) is 2.66. The molecule has 0 bridgehead atoms. The standard InChI is InChI=1S/C17H27ClN2O4.2ClH/c18-15-1-3-17(4-2-15)24-12-11-23-14-16(22)13-20-7-5-19(6-8-20)9-10-21;;/h1-4,16,21-22H,5-14H2;2*1H. The third-order valence-electron chi connectivity index (χ3n) is 3.97. The van der Waals surface area contributed by atoms with Crippen LogP contribution in [0.3, 0.4) is 0 Å². The summed E-state index contributed by atoms with van der Waals surface area (Å²) in [6.07, 6.45) is -0.495. The van der Waals surface area contributed by atoms with Gasteiger partial charge in [-0.3, -0.25) is 9.80 Å². The lowest BCUT2D eigenvalue weighted by Crippen LogP contribution is -2.49. The lowest BCUT2D eigenvalue weighted by molar-refractivity contribution is -0.000762. The molecule has 1 atom stereocenters. The van der Waals surface area contributed by atoms with Gasteiger partial charge in [-0.2, -0.15) is 0 Å². The second-order valence-electron chi connectivity index (χ2n) is 5.90. The van der Waals surface area contributed by atoms with Crippen LogP contribution in [0.5, 0.6) is 5.75 Å². The number of β-amino-alcohol motifs (C(OH)–C–C–N with tert-alkyl or cyclic N) is 2. The molecule has 0 spiro atoms. The van der Waals surface area contributed by atoms with E-state index in [1.54, 1.807) is 12.1 Å². The normalized spacial score (nSPS) is 16.4. The first-order chi connectivity index (χ1) is 11.7. The van der Waals surface area contributed by atoms with Gasteiger partial charge in [0.1, 0.15) is 12.4 Å². The monoisotopic (exact) mass is 430 g/mol. The van der Waals surface area contributed by atoms with Gasteiger partial charge in [0.15, 0.2) is 0 Å². The van der Waals surface area contributed by atoms with Gasteiger partial charge in [0.25, 0.3) is 0 Å². The molecule has 1 fully saturated rings. The molecule has 1 saturated heterocycles. The van der Waals surface area contributed by atoms with Crippen LogP contribution < -0.4 is 4.74 Å². The predicted octanol–water partition coefficient (Wildman–Crippen LogP) is 1.55. The van der Waals surface area contributed by atoms with Gasteiger partial charge in [0.2, 0.25) is 0 Å². The third kappa shape index (κ3) is 10.1. The Bertz CT molecular complexity index is 460. The van der Waals surface area contributed by atoms with Crippen molar-refractivity contribution >= 4 is 36.4 Å². The van der Waals surface area contributed by atoms with Gasteiger partial charge in [-0.1, -0.05) is 11.6 Å². The Kier molecular flexibility index (Phi) is 14.5. The van der Waals surface area contributed by atoms with Crippen LogP contribution in [0.15, 0.2) is 24.3 Å². The molecule has 1 aliphatic heterocycles. The topological polar surface area (TPSA) is 65.4 Å². The van der Waals surface area contributed by atoms with Crippen LogP contribution in [0.4, 0.5) is 0 Å². The predicted molar refractivity (Wildman–Crippen MR) is 108 cm³/mol. The minimum Gasteiger partial charge on any atom is -0.491 e. The summed E-state index contributed by atoms with van der Waals surface area (Å²) in [5.74, 6) is 0.754. The molecule has 0 saturated carbocycles. The Morgan fingerprint density at radius 3 is 2.23 bits per heavy atom. The first kappa shape index (κ1) is 25.7. The van der Waals surface area contributed by atoms with Crippen LogP contribution in [0.25, 0.3) is 0 Å². The summed E-state index contributed by atoms with van der Waals surface area (Å²) >= 11 is 5.81. The lowest BCUT2D eigenvalue weighted by Gasteiger charge is -2.35. The average Bonchev–Trinajstić information content (AvgIpc) is 2.58. The molecule has 1 heterocycles. The number of aliphatic hydroxyl groups excluding tert-OH is 2. The van der Waals surface area contributed by atoms with E-state index in [2.05, 4.69) is 9.80 Å².